The van der Waals surface area contributed by atoms with Crippen molar-refractivity contribution in [3.05, 3.63) is 70.9 Å². The second-order valence-electron chi connectivity index (χ2n) is 5.81. The number of amides is 2. The number of hydrogen-bond acceptors (Lipinski definition) is 5. The number of fused-ring (bicyclic) bond motifs is 1. The van der Waals surface area contributed by atoms with E-state index in [0.717, 1.165) is 5.56 Å². The number of hydroxylamine groups is 1. The van der Waals surface area contributed by atoms with E-state index in [1.54, 1.807) is 36.4 Å². The Balaban J connectivity index is 2.15. The van der Waals surface area contributed by atoms with Gasteiger partial charge in [-0.25, -0.2) is 5.48 Å². The number of phenolic OH excluding ortho intramolecular Hbond substituents is 1. The van der Waals surface area contributed by atoms with Crippen molar-refractivity contribution in [2.24, 2.45) is 0 Å². The lowest BCUT2D eigenvalue weighted by Gasteiger charge is -2.21. The minimum absolute atomic E-state index is 0.0903. The Morgan fingerprint density at radius 3 is 2.46 bits per heavy atom. The number of benzene rings is 2. The summed E-state index contributed by atoms with van der Waals surface area (Å²) in [5.74, 6) is -0.890. The number of anilines is 1. The zero-order valence-electron chi connectivity index (χ0n) is 14.4. The molecule has 1 aliphatic rings. The number of para-hydroxylation sites is 2. The molecule has 2 aromatic carbocycles. The van der Waals surface area contributed by atoms with Crippen LogP contribution in [0.15, 0.2) is 59.8 Å². The third kappa shape index (κ3) is 3.25. The van der Waals surface area contributed by atoms with Gasteiger partial charge in [-0.15, -0.1) is 0 Å². The van der Waals surface area contributed by atoms with Gasteiger partial charge >= 0.3 is 0 Å². The van der Waals surface area contributed by atoms with Crippen molar-refractivity contribution in [2.75, 3.05) is 12.4 Å². The van der Waals surface area contributed by atoms with E-state index in [-0.39, 0.29) is 17.0 Å². The molecule has 7 heteroatoms. The Morgan fingerprint density at radius 1 is 1.12 bits per heavy atom. The van der Waals surface area contributed by atoms with Gasteiger partial charge in [-0.05, 0) is 19.1 Å². The molecule has 0 spiro atoms. The van der Waals surface area contributed by atoms with Crippen molar-refractivity contribution in [2.45, 2.75) is 13.0 Å². The Kier molecular flexibility index (Phi) is 4.90. The van der Waals surface area contributed by atoms with Crippen LogP contribution in [-0.2, 0) is 14.4 Å². The van der Waals surface area contributed by atoms with Crippen LogP contribution in [0.3, 0.4) is 0 Å². The fourth-order valence-electron chi connectivity index (χ4n) is 2.87. The highest BCUT2D eigenvalue weighted by molar-refractivity contribution is 6.10. The van der Waals surface area contributed by atoms with Gasteiger partial charge in [-0.2, -0.15) is 0 Å². The molecule has 134 valence electrons. The lowest BCUT2D eigenvalue weighted by molar-refractivity contribution is -0.127. The summed E-state index contributed by atoms with van der Waals surface area (Å²) in [7, 11) is 1.32. The van der Waals surface area contributed by atoms with Crippen LogP contribution in [0.25, 0.3) is 0 Å². The smallest absolute Gasteiger partial charge is 0.272 e. The van der Waals surface area contributed by atoms with Crippen LogP contribution in [-0.4, -0.2) is 24.0 Å². The van der Waals surface area contributed by atoms with Crippen molar-refractivity contribution >= 4 is 17.5 Å². The third-order valence-electron chi connectivity index (χ3n) is 4.19. The summed E-state index contributed by atoms with van der Waals surface area (Å²) >= 11 is 0. The molecule has 3 rings (SSSR count). The Morgan fingerprint density at radius 2 is 1.77 bits per heavy atom. The first-order chi connectivity index (χ1) is 12.5. The van der Waals surface area contributed by atoms with Gasteiger partial charge in [0, 0.05) is 22.4 Å². The number of carbonyl (C=O) groups is 2. The molecule has 7 nitrogen and oxygen atoms in total. The third-order valence-corrected chi connectivity index (χ3v) is 4.19. The molecule has 0 bridgehead atoms. The first kappa shape index (κ1) is 17.5. The predicted molar refractivity (Wildman–Crippen MR) is 96.0 cm³/mol. The Labute approximate surface area is 150 Å². The number of carbonyl (C=O) groups excluding carboxylic acids is 2. The van der Waals surface area contributed by atoms with Crippen LogP contribution in [0.2, 0.25) is 0 Å². The largest absolute Gasteiger partial charge is 0.508 e. The second kappa shape index (κ2) is 7.28. The average Bonchev–Trinajstić information content (AvgIpc) is 2.78. The molecule has 4 N–H and O–H groups in total. The summed E-state index contributed by atoms with van der Waals surface area (Å²) in [6.45, 7) is 1.52. The van der Waals surface area contributed by atoms with Crippen LogP contribution in [0.5, 0.6) is 5.75 Å². The van der Waals surface area contributed by atoms with Gasteiger partial charge in [0.1, 0.15) is 11.4 Å². The highest BCUT2D eigenvalue weighted by Gasteiger charge is 2.29. The lowest BCUT2D eigenvalue weighted by atomic mass is 9.96. The van der Waals surface area contributed by atoms with Gasteiger partial charge in [0.05, 0.1) is 13.2 Å². The highest BCUT2D eigenvalue weighted by atomic mass is 16.6. The molecule has 0 saturated heterocycles. The van der Waals surface area contributed by atoms with E-state index in [1.807, 2.05) is 12.1 Å². The van der Waals surface area contributed by atoms with E-state index < -0.39 is 17.9 Å². The quantitative estimate of drug-likeness (QED) is 0.499. The maximum Gasteiger partial charge on any atom is 0.272 e. The van der Waals surface area contributed by atoms with Crippen molar-refractivity contribution in [3.8, 4) is 5.75 Å². The van der Waals surface area contributed by atoms with Gasteiger partial charge in [-0.3, -0.25) is 14.4 Å². The van der Waals surface area contributed by atoms with Crippen LogP contribution in [0, 0.1) is 0 Å². The monoisotopic (exact) mass is 353 g/mol. The second-order valence-corrected chi connectivity index (χ2v) is 5.81. The molecule has 1 aliphatic heterocycles. The summed E-state index contributed by atoms with van der Waals surface area (Å²) < 4.78 is 0. The number of phenols is 1. The van der Waals surface area contributed by atoms with Crippen LogP contribution in [0.4, 0.5) is 5.69 Å². The highest BCUT2D eigenvalue weighted by Crippen LogP contribution is 2.36. The van der Waals surface area contributed by atoms with Crippen molar-refractivity contribution in [3.63, 3.8) is 0 Å². The lowest BCUT2D eigenvalue weighted by Crippen LogP contribution is -2.32. The number of hydrogen-bond donors (Lipinski definition) is 4. The standard InChI is InChI=1S/C19H19N3O4/c1-11(18(24)22-26-2)16-19(25)20-14-9-5-3-7-12(14)17(21-16)13-8-4-6-10-15(13)23/h3-10,17,21,23H,1-2H3,(H,20,25)(H,22,24)/b16-11-/t17-/m0/s1. The molecule has 0 fully saturated rings. The Hall–Kier alpha value is -3.32. The first-order valence-electron chi connectivity index (χ1n) is 8.01. The number of nitrogens with one attached hydrogen (secondary N) is 3. The van der Waals surface area contributed by atoms with Crippen molar-refractivity contribution in [1.82, 2.24) is 10.8 Å². The minimum atomic E-state index is -0.535. The topological polar surface area (TPSA) is 99.7 Å². The number of rotatable bonds is 3. The molecule has 2 aromatic rings. The Bertz CT molecular complexity index is 892. The van der Waals surface area contributed by atoms with E-state index in [0.29, 0.717) is 11.3 Å². The van der Waals surface area contributed by atoms with Crippen LogP contribution >= 0.6 is 0 Å². The summed E-state index contributed by atoms with van der Waals surface area (Å²) in [6.07, 6.45) is 0. The normalized spacial score (nSPS) is 18.1. The summed E-state index contributed by atoms with van der Waals surface area (Å²) in [6, 6.07) is 13.6. The minimum Gasteiger partial charge on any atom is -0.508 e. The number of aromatic hydroxyl groups is 1. The molecule has 0 aliphatic carbocycles. The first-order valence-corrected chi connectivity index (χ1v) is 8.01. The van der Waals surface area contributed by atoms with Gasteiger partial charge in [0.25, 0.3) is 11.8 Å². The molecule has 1 heterocycles. The van der Waals surface area contributed by atoms with Gasteiger partial charge in [-0.1, -0.05) is 36.4 Å². The fourth-order valence-corrected chi connectivity index (χ4v) is 2.87. The van der Waals surface area contributed by atoms with Crippen LogP contribution < -0.4 is 16.1 Å². The van der Waals surface area contributed by atoms with E-state index in [2.05, 4.69) is 21.0 Å². The van der Waals surface area contributed by atoms with Crippen LogP contribution in [0.1, 0.15) is 24.1 Å². The maximum atomic E-state index is 12.7. The van der Waals surface area contributed by atoms with Crippen molar-refractivity contribution in [1.29, 1.82) is 0 Å². The average molecular weight is 353 g/mol. The molecule has 26 heavy (non-hydrogen) atoms. The molecular weight excluding hydrogens is 334 g/mol. The predicted octanol–water partition coefficient (Wildman–Crippen LogP) is 1.97. The molecule has 0 aromatic heterocycles. The maximum absolute atomic E-state index is 12.7. The van der Waals surface area contributed by atoms with E-state index in [9.17, 15) is 14.7 Å². The van der Waals surface area contributed by atoms with E-state index in [4.69, 9.17) is 0 Å². The molecular formula is C19H19N3O4. The van der Waals surface area contributed by atoms with Gasteiger partial charge in [0.2, 0.25) is 0 Å². The van der Waals surface area contributed by atoms with E-state index >= 15 is 0 Å². The molecule has 0 saturated carbocycles. The van der Waals surface area contributed by atoms with E-state index in [1.165, 1.54) is 14.0 Å². The SMILES string of the molecule is CONC(=O)/C(C)=C1\N[C@H](c2ccccc2O)c2ccccc2NC1=O. The zero-order chi connectivity index (χ0) is 18.7. The van der Waals surface area contributed by atoms with Gasteiger partial charge in [0.15, 0.2) is 0 Å². The fraction of sp³-hybridized carbons (Fsp3) is 0.158. The summed E-state index contributed by atoms with van der Waals surface area (Å²) in [5.41, 5.74) is 4.44. The van der Waals surface area contributed by atoms with Crippen molar-refractivity contribution < 1.29 is 19.5 Å². The molecule has 0 unspecified atom stereocenters. The molecule has 2 amide bonds. The van der Waals surface area contributed by atoms with Gasteiger partial charge < -0.3 is 15.7 Å². The zero-order valence-corrected chi connectivity index (χ0v) is 14.4. The molecule has 1 atom stereocenters. The molecule has 0 radical (unpaired) electrons. The summed E-state index contributed by atoms with van der Waals surface area (Å²) in [5, 5.41) is 16.2. The summed E-state index contributed by atoms with van der Waals surface area (Å²) in [4.78, 5) is 29.4.